The molecule has 1 aliphatic rings. The van der Waals surface area contributed by atoms with Gasteiger partial charge in [-0.3, -0.25) is 14.5 Å². The molecule has 32 heavy (non-hydrogen) atoms. The second-order valence-corrected chi connectivity index (χ2v) is 8.11. The van der Waals surface area contributed by atoms with Gasteiger partial charge in [0, 0.05) is 49.4 Å². The number of aromatic amines is 1. The Kier molecular flexibility index (Phi) is 6.34. The molecule has 2 aromatic heterocycles. The van der Waals surface area contributed by atoms with Crippen LogP contribution in [0.3, 0.4) is 0 Å². The Balaban J connectivity index is 1.30. The van der Waals surface area contributed by atoms with E-state index in [9.17, 15) is 14.0 Å². The number of hydrogen-bond acceptors (Lipinski definition) is 5. The number of ether oxygens (including phenoxy) is 1. The highest BCUT2D eigenvalue weighted by Gasteiger charge is 2.28. The molecule has 1 fully saturated rings. The second-order valence-electron chi connectivity index (χ2n) is 8.11. The van der Waals surface area contributed by atoms with Gasteiger partial charge in [0.15, 0.2) is 0 Å². The number of aromatic nitrogens is 4. The maximum Gasteiger partial charge on any atom is 0.347 e. The van der Waals surface area contributed by atoms with Crippen molar-refractivity contribution >= 4 is 5.91 Å². The van der Waals surface area contributed by atoms with Gasteiger partial charge in [-0.15, -0.1) is 0 Å². The zero-order valence-corrected chi connectivity index (χ0v) is 18.2. The summed E-state index contributed by atoms with van der Waals surface area (Å²) >= 11 is 0. The maximum absolute atomic E-state index is 13.3. The van der Waals surface area contributed by atoms with Gasteiger partial charge in [0.25, 0.3) is 0 Å². The number of halogens is 1. The number of amides is 1. The third-order valence-electron chi connectivity index (χ3n) is 5.70. The molecule has 0 spiro atoms. The molecule has 8 nitrogen and oxygen atoms in total. The third kappa shape index (κ3) is 5.04. The first kappa shape index (κ1) is 21.7. The van der Waals surface area contributed by atoms with Gasteiger partial charge in [-0.05, 0) is 44.5 Å². The Bertz CT molecular complexity index is 1170. The number of carbonyl (C=O) groups is 1. The van der Waals surface area contributed by atoms with Crippen LogP contribution < -0.4 is 10.4 Å². The van der Waals surface area contributed by atoms with Crippen LogP contribution in [0.5, 0.6) is 5.75 Å². The number of aryl methyl sites for hydroxylation is 2. The van der Waals surface area contributed by atoms with Crippen molar-refractivity contribution in [2.45, 2.75) is 45.8 Å². The van der Waals surface area contributed by atoms with Crippen molar-refractivity contribution in [2.24, 2.45) is 0 Å². The summed E-state index contributed by atoms with van der Waals surface area (Å²) in [5.41, 5.74) is 2.83. The summed E-state index contributed by atoms with van der Waals surface area (Å²) in [6.45, 7) is 5.45. The number of hydrogen-bond donors (Lipinski definition) is 1. The minimum atomic E-state index is -0.345. The Labute approximate surface area is 185 Å². The predicted octanol–water partition coefficient (Wildman–Crippen LogP) is 2.71. The summed E-state index contributed by atoms with van der Waals surface area (Å²) in [5.74, 6) is 0.271. The van der Waals surface area contributed by atoms with Gasteiger partial charge in [-0.1, -0.05) is 6.07 Å². The van der Waals surface area contributed by atoms with E-state index in [1.165, 1.54) is 16.7 Å². The van der Waals surface area contributed by atoms with Crippen molar-refractivity contribution in [2.75, 3.05) is 13.1 Å². The fraction of sp³-hybridized carbons (Fsp3) is 0.391. The molecule has 0 radical (unpaired) electrons. The molecule has 0 bridgehead atoms. The van der Waals surface area contributed by atoms with Crippen LogP contribution >= 0.6 is 0 Å². The van der Waals surface area contributed by atoms with Crippen LogP contribution in [0.15, 0.2) is 41.2 Å². The molecule has 1 saturated heterocycles. The maximum atomic E-state index is 13.3. The fourth-order valence-corrected chi connectivity index (χ4v) is 4.02. The number of carbonyl (C=O) groups excluding carboxylic acids is 1. The SMILES string of the molecule is Cc1cc(C)n(CCC(=O)N2CC[C@H](c3cc(COc4cccc(F)c4)[nH]n3)C2)c(=O)n1. The van der Waals surface area contributed by atoms with Crippen LogP contribution in [0.4, 0.5) is 4.39 Å². The molecule has 0 aliphatic carbocycles. The van der Waals surface area contributed by atoms with Crippen LogP contribution in [0, 0.1) is 19.7 Å². The lowest BCUT2D eigenvalue weighted by Gasteiger charge is -2.17. The van der Waals surface area contributed by atoms with E-state index in [1.54, 1.807) is 19.1 Å². The molecule has 1 amide bonds. The summed E-state index contributed by atoms with van der Waals surface area (Å²) in [6.07, 6.45) is 1.08. The topological polar surface area (TPSA) is 93.1 Å². The highest BCUT2D eigenvalue weighted by molar-refractivity contribution is 5.76. The molecule has 1 aromatic carbocycles. The van der Waals surface area contributed by atoms with E-state index in [2.05, 4.69) is 15.2 Å². The highest BCUT2D eigenvalue weighted by atomic mass is 19.1. The quantitative estimate of drug-likeness (QED) is 0.611. The molecule has 0 unspecified atom stereocenters. The Morgan fingerprint density at radius 3 is 2.91 bits per heavy atom. The minimum absolute atomic E-state index is 0.0181. The smallest absolute Gasteiger partial charge is 0.347 e. The lowest BCUT2D eigenvalue weighted by Crippen LogP contribution is -2.32. The lowest BCUT2D eigenvalue weighted by atomic mass is 10.1. The number of benzene rings is 1. The van der Waals surface area contributed by atoms with Crippen molar-refractivity contribution in [3.63, 3.8) is 0 Å². The van der Waals surface area contributed by atoms with Crippen LogP contribution in [0.25, 0.3) is 0 Å². The number of nitrogens with one attached hydrogen (secondary N) is 1. The van der Waals surface area contributed by atoms with E-state index < -0.39 is 0 Å². The van der Waals surface area contributed by atoms with Crippen LogP contribution in [-0.4, -0.2) is 43.6 Å². The third-order valence-corrected chi connectivity index (χ3v) is 5.70. The van der Waals surface area contributed by atoms with E-state index in [1.807, 2.05) is 24.0 Å². The van der Waals surface area contributed by atoms with E-state index >= 15 is 0 Å². The van der Waals surface area contributed by atoms with Gasteiger partial charge < -0.3 is 9.64 Å². The standard InChI is InChI=1S/C23H26FN5O3/c1-15-10-16(2)29(23(31)25-15)9-7-22(30)28-8-6-17(13-28)21-12-19(26-27-21)14-32-20-5-3-4-18(24)11-20/h3-5,10-12,17H,6-9,13-14H2,1-2H3,(H,26,27)/t17-/m0/s1. The van der Waals surface area contributed by atoms with Crippen molar-refractivity contribution in [3.8, 4) is 5.75 Å². The van der Waals surface area contributed by atoms with Gasteiger partial charge in [-0.2, -0.15) is 10.1 Å². The first-order valence-electron chi connectivity index (χ1n) is 10.6. The number of H-pyrrole nitrogens is 1. The Morgan fingerprint density at radius 1 is 1.28 bits per heavy atom. The molecule has 3 heterocycles. The molecular formula is C23H26FN5O3. The summed E-state index contributed by atoms with van der Waals surface area (Å²) in [4.78, 5) is 30.5. The summed E-state index contributed by atoms with van der Waals surface area (Å²) in [6, 6.07) is 9.76. The zero-order chi connectivity index (χ0) is 22.7. The molecule has 1 aliphatic heterocycles. The molecular weight excluding hydrogens is 413 g/mol. The highest BCUT2D eigenvalue weighted by Crippen LogP contribution is 2.27. The average molecular weight is 439 g/mol. The Hall–Kier alpha value is -3.49. The van der Waals surface area contributed by atoms with Crippen LogP contribution in [0.2, 0.25) is 0 Å². The van der Waals surface area contributed by atoms with Crippen LogP contribution in [0.1, 0.15) is 41.5 Å². The number of likely N-dealkylation sites (tertiary alicyclic amines) is 1. The van der Waals surface area contributed by atoms with Gasteiger partial charge in [0.1, 0.15) is 18.2 Å². The molecule has 1 atom stereocenters. The normalized spacial score (nSPS) is 15.8. The molecule has 4 rings (SSSR count). The van der Waals surface area contributed by atoms with Crippen molar-refractivity contribution in [1.82, 2.24) is 24.6 Å². The minimum Gasteiger partial charge on any atom is -0.487 e. The molecule has 9 heteroatoms. The average Bonchev–Trinajstić information content (AvgIpc) is 3.41. The van der Waals surface area contributed by atoms with Gasteiger partial charge >= 0.3 is 5.69 Å². The fourth-order valence-electron chi connectivity index (χ4n) is 4.02. The first-order chi connectivity index (χ1) is 15.4. The number of nitrogens with zero attached hydrogens (tertiary/aromatic N) is 4. The summed E-state index contributed by atoms with van der Waals surface area (Å²) in [5, 5.41) is 7.33. The Morgan fingerprint density at radius 2 is 2.12 bits per heavy atom. The van der Waals surface area contributed by atoms with E-state index in [0.29, 0.717) is 31.1 Å². The monoisotopic (exact) mass is 439 g/mol. The molecule has 168 valence electrons. The van der Waals surface area contributed by atoms with Crippen molar-refractivity contribution < 1.29 is 13.9 Å². The summed E-state index contributed by atoms with van der Waals surface area (Å²) in [7, 11) is 0. The van der Waals surface area contributed by atoms with E-state index in [0.717, 1.165) is 23.5 Å². The van der Waals surface area contributed by atoms with Gasteiger partial charge in [0.05, 0.1) is 11.4 Å². The van der Waals surface area contributed by atoms with Crippen molar-refractivity contribution in [3.05, 3.63) is 75.5 Å². The van der Waals surface area contributed by atoms with Crippen molar-refractivity contribution in [1.29, 1.82) is 0 Å². The summed E-state index contributed by atoms with van der Waals surface area (Å²) < 4.78 is 20.4. The predicted molar refractivity (Wildman–Crippen MR) is 116 cm³/mol. The van der Waals surface area contributed by atoms with Gasteiger partial charge in [0.2, 0.25) is 5.91 Å². The largest absolute Gasteiger partial charge is 0.487 e. The lowest BCUT2D eigenvalue weighted by molar-refractivity contribution is -0.130. The van der Waals surface area contributed by atoms with E-state index in [-0.39, 0.29) is 36.4 Å². The second kappa shape index (κ2) is 9.33. The molecule has 1 N–H and O–H groups in total. The number of rotatable bonds is 7. The zero-order valence-electron chi connectivity index (χ0n) is 18.2. The van der Waals surface area contributed by atoms with E-state index in [4.69, 9.17) is 4.74 Å². The molecule has 0 saturated carbocycles. The first-order valence-corrected chi connectivity index (χ1v) is 10.6. The van der Waals surface area contributed by atoms with Gasteiger partial charge in [-0.25, -0.2) is 9.18 Å². The molecule has 3 aromatic rings. The van der Waals surface area contributed by atoms with Crippen LogP contribution in [-0.2, 0) is 17.9 Å².